The zero-order chi connectivity index (χ0) is 14.7. The molecule has 2 heterocycles. The van der Waals surface area contributed by atoms with Crippen molar-refractivity contribution in [1.82, 2.24) is 15.0 Å². The van der Waals surface area contributed by atoms with E-state index in [0.29, 0.717) is 5.03 Å². The van der Waals surface area contributed by atoms with E-state index in [4.69, 9.17) is 5.11 Å². The normalized spacial score (nSPS) is 10.8. The fourth-order valence-corrected chi connectivity index (χ4v) is 2.37. The van der Waals surface area contributed by atoms with Gasteiger partial charge in [-0.05, 0) is 36.9 Å². The first-order valence-corrected chi connectivity index (χ1v) is 7.00. The Morgan fingerprint density at radius 3 is 2.55 bits per heavy atom. The number of rotatable bonds is 4. The molecule has 0 aliphatic heterocycles. The third-order valence-electron chi connectivity index (χ3n) is 2.56. The molecular formula is C14H15N3O2S. The number of aromatic carboxylic acids is 1. The number of aryl methyl sites for hydroxylation is 1. The summed E-state index contributed by atoms with van der Waals surface area (Å²) in [5.41, 5.74) is 1.09. The summed E-state index contributed by atoms with van der Waals surface area (Å²) < 4.78 is 0. The highest BCUT2D eigenvalue weighted by Gasteiger charge is 2.09. The van der Waals surface area contributed by atoms with E-state index >= 15 is 0 Å². The number of hydrogen-bond acceptors (Lipinski definition) is 5. The Morgan fingerprint density at radius 1 is 1.25 bits per heavy atom. The highest BCUT2D eigenvalue weighted by molar-refractivity contribution is 7.99. The molecule has 0 spiro atoms. The lowest BCUT2D eigenvalue weighted by Gasteiger charge is -2.07. The fraction of sp³-hybridized carbons (Fsp3) is 0.286. The quantitative estimate of drug-likeness (QED) is 0.871. The fourth-order valence-electron chi connectivity index (χ4n) is 1.55. The molecule has 0 saturated heterocycles. The highest BCUT2D eigenvalue weighted by Crippen LogP contribution is 2.25. The summed E-state index contributed by atoms with van der Waals surface area (Å²) in [6.45, 7) is 6.02. The van der Waals surface area contributed by atoms with Crippen molar-refractivity contribution in [3.8, 4) is 0 Å². The molecular weight excluding hydrogens is 274 g/mol. The number of pyridine rings is 1. The second kappa shape index (κ2) is 6.00. The monoisotopic (exact) mass is 289 g/mol. The molecule has 20 heavy (non-hydrogen) atoms. The third-order valence-corrected chi connectivity index (χ3v) is 3.43. The average Bonchev–Trinajstić information content (AvgIpc) is 2.38. The maximum absolute atomic E-state index is 10.8. The van der Waals surface area contributed by atoms with Crippen molar-refractivity contribution < 1.29 is 9.90 Å². The minimum absolute atomic E-state index is 0.177. The lowest BCUT2D eigenvalue weighted by Crippen LogP contribution is -2.00. The third kappa shape index (κ3) is 3.54. The van der Waals surface area contributed by atoms with Crippen LogP contribution in [0.3, 0.4) is 0 Å². The predicted molar refractivity (Wildman–Crippen MR) is 76.2 cm³/mol. The molecule has 0 fully saturated rings. The van der Waals surface area contributed by atoms with Crippen LogP contribution >= 0.6 is 11.8 Å². The Morgan fingerprint density at radius 2 is 2.00 bits per heavy atom. The predicted octanol–water partition coefficient (Wildman–Crippen LogP) is 3.15. The molecule has 0 aromatic carbocycles. The van der Waals surface area contributed by atoms with Gasteiger partial charge in [-0.2, -0.15) is 0 Å². The molecule has 0 aliphatic carbocycles. The summed E-state index contributed by atoms with van der Waals surface area (Å²) >= 11 is 1.40. The zero-order valence-corrected chi connectivity index (χ0v) is 12.3. The number of carboxylic acids is 1. The SMILES string of the molecule is Cc1cc(Sc2ccc(C(=O)O)cn2)nc(C(C)C)n1. The molecule has 0 saturated carbocycles. The summed E-state index contributed by atoms with van der Waals surface area (Å²) in [6, 6.07) is 5.11. The first kappa shape index (κ1) is 14.5. The number of hydrogen-bond donors (Lipinski definition) is 1. The van der Waals surface area contributed by atoms with Crippen LogP contribution in [-0.4, -0.2) is 26.0 Å². The lowest BCUT2D eigenvalue weighted by atomic mass is 10.2. The smallest absolute Gasteiger partial charge is 0.337 e. The van der Waals surface area contributed by atoms with E-state index in [1.54, 1.807) is 6.07 Å². The van der Waals surface area contributed by atoms with Crippen LogP contribution in [-0.2, 0) is 0 Å². The molecule has 2 aromatic rings. The van der Waals surface area contributed by atoms with Crippen LogP contribution in [0.15, 0.2) is 34.4 Å². The van der Waals surface area contributed by atoms with Crippen LogP contribution in [0.25, 0.3) is 0 Å². The van der Waals surface area contributed by atoms with E-state index in [2.05, 4.69) is 15.0 Å². The first-order valence-electron chi connectivity index (χ1n) is 6.18. The van der Waals surface area contributed by atoms with Crippen LogP contribution in [0.4, 0.5) is 0 Å². The van der Waals surface area contributed by atoms with Crippen molar-refractivity contribution >= 4 is 17.7 Å². The van der Waals surface area contributed by atoms with E-state index in [0.717, 1.165) is 16.5 Å². The summed E-state index contributed by atoms with van der Waals surface area (Å²) in [5.74, 6) is 0.0836. The molecule has 5 nitrogen and oxygen atoms in total. The largest absolute Gasteiger partial charge is 0.478 e. The Labute approximate surface area is 121 Å². The molecule has 0 aliphatic rings. The molecule has 0 radical (unpaired) electrons. The number of nitrogens with zero attached hydrogens (tertiary/aromatic N) is 3. The molecule has 0 unspecified atom stereocenters. The van der Waals surface area contributed by atoms with Crippen molar-refractivity contribution in [3.05, 3.63) is 41.5 Å². The summed E-state index contributed by atoms with van der Waals surface area (Å²) in [5, 5.41) is 10.4. The maximum Gasteiger partial charge on any atom is 0.337 e. The molecule has 6 heteroatoms. The van der Waals surface area contributed by atoms with Gasteiger partial charge in [0.05, 0.1) is 5.56 Å². The Kier molecular flexibility index (Phi) is 4.34. The standard InChI is InChI=1S/C14H15N3O2S/c1-8(2)13-16-9(3)6-12(17-13)20-11-5-4-10(7-15-11)14(18)19/h4-8H,1-3H3,(H,18,19). The Bertz CT molecular complexity index is 627. The van der Waals surface area contributed by atoms with Crippen molar-refractivity contribution in [3.63, 3.8) is 0 Å². The number of carbonyl (C=O) groups is 1. The summed E-state index contributed by atoms with van der Waals surface area (Å²) in [4.78, 5) is 23.8. The summed E-state index contributed by atoms with van der Waals surface area (Å²) in [6.07, 6.45) is 1.35. The Hall–Kier alpha value is -1.95. The van der Waals surface area contributed by atoms with E-state index in [9.17, 15) is 4.79 Å². The number of aromatic nitrogens is 3. The minimum Gasteiger partial charge on any atom is -0.478 e. The zero-order valence-electron chi connectivity index (χ0n) is 11.5. The van der Waals surface area contributed by atoms with Crippen molar-refractivity contribution in [2.75, 3.05) is 0 Å². The van der Waals surface area contributed by atoms with E-state index in [-0.39, 0.29) is 11.5 Å². The van der Waals surface area contributed by atoms with Gasteiger partial charge in [0.25, 0.3) is 0 Å². The van der Waals surface area contributed by atoms with Gasteiger partial charge in [0.2, 0.25) is 0 Å². The van der Waals surface area contributed by atoms with Crippen LogP contribution < -0.4 is 0 Å². The topological polar surface area (TPSA) is 76.0 Å². The van der Waals surface area contributed by atoms with Gasteiger partial charge in [0.15, 0.2) is 0 Å². The van der Waals surface area contributed by atoms with E-state index in [1.807, 2.05) is 26.8 Å². The van der Waals surface area contributed by atoms with Gasteiger partial charge in [0.1, 0.15) is 15.9 Å². The first-order chi connectivity index (χ1) is 9.45. The van der Waals surface area contributed by atoms with E-state index in [1.165, 1.54) is 24.0 Å². The molecule has 0 amide bonds. The molecule has 2 rings (SSSR count). The highest BCUT2D eigenvalue weighted by atomic mass is 32.2. The second-order valence-corrected chi connectivity index (χ2v) is 5.69. The van der Waals surface area contributed by atoms with Gasteiger partial charge in [-0.3, -0.25) is 0 Å². The van der Waals surface area contributed by atoms with E-state index < -0.39 is 5.97 Å². The maximum atomic E-state index is 10.8. The average molecular weight is 289 g/mol. The van der Waals surface area contributed by atoms with Gasteiger partial charge in [-0.25, -0.2) is 19.7 Å². The minimum atomic E-state index is -0.978. The van der Waals surface area contributed by atoms with Crippen molar-refractivity contribution in [2.45, 2.75) is 36.7 Å². The van der Waals surface area contributed by atoms with Crippen molar-refractivity contribution in [1.29, 1.82) is 0 Å². The molecule has 104 valence electrons. The van der Waals surface area contributed by atoms with Crippen LogP contribution in [0.5, 0.6) is 0 Å². The van der Waals surface area contributed by atoms with Gasteiger partial charge in [-0.15, -0.1) is 0 Å². The summed E-state index contributed by atoms with van der Waals surface area (Å²) in [7, 11) is 0. The van der Waals surface area contributed by atoms with Gasteiger partial charge in [0, 0.05) is 17.8 Å². The van der Waals surface area contributed by atoms with Gasteiger partial charge >= 0.3 is 5.97 Å². The Balaban J connectivity index is 2.23. The molecule has 0 bridgehead atoms. The van der Waals surface area contributed by atoms with Crippen molar-refractivity contribution in [2.24, 2.45) is 0 Å². The van der Waals surface area contributed by atoms with Crippen LogP contribution in [0, 0.1) is 6.92 Å². The molecule has 0 atom stereocenters. The second-order valence-electron chi connectivity index (χ2n) is 4.65. The van der Waals surface area contributed by atoms with Gasteiger partial charge in [-0.1, -0.05) is 13.8 Å². The van der Waals surface area contributed by atoms with Gasteiger partial charge < -0.3 is 5.11 Å². The lowest BCUT2D eigenvalue weighted by molar-refractivity contribution is 0.0696. The van der Waals surface area contributed by atoms with Crippen LogP contribution in [0.2, 0.25) is 0 Å². The molecule has 1 N–H and O–H groups in total. The van der Waals surface area contributed by atoms with Crippen LogP contribution in [0.1, 0.15) is 41.6 Å². The molecule has 2 aromatic heterocycles. The number of carboxylic acid groups (broad SMARTS) is 1.